The normalized spacial score (nSPS) is 11.4. The largest absolute Gasteiger partial charge is 0.492 e. The number of halogens is 1. The highest BCUT2D eigenvalue weighted by molar-refractivity contribution is 9.10. The predicted octanol–water partition coefficient (Wildman–Crippen LogP) is 3.39. The van der Waals surface area contributed by atoms with E-state index < -0.39 is 0 Å². The van der Waals surface area contributed by atoms with Crippen LogP contribution in [0.25, 0.3) is 0 Å². The molecule has 0 aliphatic heterocycles. The molecule has 0 radical (unpaired) electrons. The topological polar surface area (TPSA) is 58.5 Å². The van der Waals surface area contributed by atoms with Crippen molar-refractivity contribution in [1.29, 1.82) is 0 Å². The van der Waals surface area contributed by atoms with Gasteiger partial charge in [0, 0.05) is 29.4 Å². The van der Waals surface area contributed by atoms with Crippen LogP contribution in [-0.4, -0.2) is 37.2 Å². The highest BCUT2D eigenvalue weighted by atomic mass is 79.9. The number of rotatable bonds is 8. The molecule has 2 rings (SSSR count). The Bertz CT molecular complexity index is 660. The number of aryl methyl sites for hydroxylation is 1. The summed E-state index contributed by atoms with van der Waals surface area (Å²) in [7, 11) is 0. The molecular formula is C17H23BrN4OS. The Morgan fingerprint density at radius 2 is 2.25 bits per heavy atom. The Kier molecular flexibility index (Phi) is 8.04. The van der Waals surface area contributed by atoms with Gasteiger partial charge in [-0.1, -0.05) is 22.0 Å². The second-order valence-electron chi connectivity index (χ2n) is 5.10. The first kappa shape index (κ1) is 18.7. The van der Waals surface area contributed by atoms with Crippen LogP contribution < -0.4 is 15.4 Å². The van der Waals surface area contributed by atoms with E-state index in [1.165, 1.54) is 0 Å². The number of aromatic nitrogens is 1. The van der Waals surface area contributed by atoms with Crippen molar-refractivity contribution in [3.8, 4) is 5.75 Å². The second kappa shape index (κ2) is 10.3. The SMILES string of the molecule is CCNC(=NCCc1csc(C)n1)NCCOc1cccc(Br)c1. The first-order valence-corrected chi connectivity index (χ1v) is 9.66. The number of guanidine groups is 1. The monoisotopic (exact) mass is 410 g/mol. The minimum Gasteiger partial charge on any atom is -0.492 e. The van der Waals surface area contributed by atoms with E-state index in [1.807, 2.05) is 31.2 Å². The van der Waals surface area contributed by atoms with Crippen molar-refractivity contribution in [3.05, 3.63) is 44.8 Å². The number of hydrogen-bond donors (Lipinski definition) is 2. The van der Waals surface area contributed by atoms with Crippen molar-refractivity contribution in [2.75, 3.05) is 26.2 Å². The molecular weight excluding hydrogens is 388 g/mol. The van der Waals surface area contributed by atoms with E-state index in [0.29, 0.717) is 19.7 Å². The standard InChI is InChI=1S/C17H23BrN4OS/c1-3-19-17(20-8-7-15-12-24-13(2)22-15)21-9-10-23-16-6-4-5-14(18)11-16/h4-6,11-12H,3,7-10H2,1-2H3,(H2,19,20,21). The van der Waals surface area contributed by atoms with E-state index in [1.54, 1.807) is 11.3 Å². The Morgan fingerprint density at radius 3 is 2.96 bits per heavy atom. The molecule has 0 fully saturated rings. The molecule has 0 aliphatic rings. The second-order valence-corrected chi connectivity index (χ2v) is 7.08. The average Bonchev–Trinajstić information content (AvgIpc) is 2.97. The summed E-state index contributed by atoms with van der Waals surface area (Å²) in [6.45, 7) is 6.88. The Labute approximate surface area is 155 Å². The zero-order valence-corrected chi connectivity index (χ0v) is 16.4. The number of ether oxygens (including phenoxy) is 1. The molecule has 0 unspecified atom stereocenters. The van der Waals surface area contributed by atoms with Crippen LogP contribution in [0.3, 0.4) is 0 Å². The van der Waals surface area contributed by atoms with Crippen LogP contribution in [0.2, 0.25) is 0 Å². The van der Waals surface area contributed by atoms with Crippen LogP contribution in [0.5, 0.6) is 5.75 Å². The smallest absolute Gasteiger partial charge is 0.191 e. The highest BCUT2D eigenvalue weighted by Crippen LogP contribution is 2.17. The van der Waals surface area contributed by atoms with Gasteiger partial charge in [-0.15, -0.1) is 11.3 Å². The lowest BCUT2D eigenvalue weighted by Crippen LogP contribution is -2.39. The molecule has 0 aliphatic carbocycles. The summed E-state index contributed by atoms with van der Waals surface area (Å²) in [5.74, 6) is 1.66. The zero-order chi connectivity index (χ0) is 17.2. The summed E-state index contributed by atoms with van der Waals surface area (Å²) >= 11 is 5.11. The van der Waals surface area contributed by atoms with Crippen molar-refractivity contribution >= 4 is 33.2 Å². The van der Waals surface area contributed by atoms with Crippen LogP contribution >= 0.6 is 27.3 Å². The molecule has 0 spiro atoms. The van der Waals surface area contributed by atoms with Crippen molar-refractivity contribution < 1.29 is 4.74 Å². The highest BCUT2D eigenvalue weighted by Gasteiger charge is 2.00. The maximum absolute atomic E-state index is 5.71. The van der Waals surface area contributed by atoms with Gasteiger partial charge in [-0.25, -0.2) is 4.98 Å². The molecule has 0 amide bonds. The summed E-state index contributed by atoms with van der Waals surface area (Å²) in [6.07, 6.45) is 0.857. The number of thiazole rings is 1. The Balaban J connectivity index is 1.72. The van der Waals surface area contributed by atoms with Crippen molar-refractivity contribution in [2.24, 2.45) is 4.99 Å². The van der Waals surface area contributed by atoms with Crippen LogP contribution in [0.4, 0.5) is 0 Å². The molecule has 0 atom stereocenters. The van der Waals surface area contributed by atoms with Crippen LogP contribution in [0.15, 0.2) is 39.1 Å². The van der Waals surface area contributed by atoms with Crippen molar-refractivity contribution in [2.45, 2.75) is 20.3 Å². The molecule has 5 nitrogen and oxygen atoms in total. The predicted molar refractivity (Wildman–Crippen MR) is 104 cm³/mol. The molecule has 0 saturated heterocycles. The van der Waals surface area contributed by atoms with Gasteiger partial charge in [0.25, 0.3) is 0 Å². The minimum atomic E-state index is 0.576. The number of aliphatic imine (C=N–C) groups is 1. The molecule has 7 heteroatoms. The fourth-order valence-corrected chi connectivity index (χ4v) is 3.07. The summed E-state index contributed by atoms with van der Waals surface area (Å²) in [6, 6.07) is 7.83. The fourth-order valence-electron chi connectivity index (χ4n) is 2.04. The summed E-state index contributed by atoms with van der Waals surface area (Å²) in [5, 5.41) is 9.72. The maximum Gasteiger partial charge on any atom is 0.191 e. The molecule has 2 N–H and O–H groups in total. The van der Waals surface area contributed by atoms with Gasteiger partial charge in [0.15, 0.2) is 5.96 Å². The quantitative estimate of drug-likeness (QED) is 0.397. The van der Waals surface area contributed by atoms with E-state index >= 15 is 0 Å². The lowest BCUT2D eigenvalue weighted by Gasteiger charge is -2.12. The zero-order valence-electron chi connectivity index (χ0n) is 14.0. The maximum atomic E-state index is 5.71. The van der Waals surface area contributed by atoms with E-state index in [4.69, 9.17) is 4.74 Å². The fraction of sp³-hybridized carbons (Fsp3) is 0.412. The lowest BCUT2D eigenvalue weighted by atomic mass is 10.3. The van der Waals surface area contributed by atoms with Gasteiger partial charge >= 0.3 is 0 Å². The summed E-state index contributed by atoms with van der Waals surface area (Å²) in [4.78, 5) is 9.03. The third kappa shape index (κ3) is 6.88. The van der Waals surface area contributed by atoms with Crippen LogP contribution in [-0.2, 0) is 6.42 Å². The number of hydrogen-bond acceptors (Lipinski definition) is 4. The Hall–Kier alpha value is -1.60. The van der Waals surface area contributed by atoms with Gasteiger partial charge in [-0.05, 0) is 32.0 Å². The van der Waals surface area contributed by atoms with Gasteiger partial charge < -0.3 is 15.4 Å². The first-order chi connectivity index (χ1) is 11.7. The molecule has 2 aromatic rings. The molecule has 1 aromatic carbocycles. The van der Waals surface area contributed by atoms with Gasteiger partial charge in [-0.3, -0.25) is 4.99 Å². The number of benzene rings is 1. The number of nitrogens with one attached hydrogen (secondary N) is 2. The van der Waals surface area contributed by atoms with E-state index in [-0.39, 0.29) is 0 Å². The average molecular weight is 411 g/mol. The van der Waals surface area contributed by atoms with Crippen molar-refractivity contribution in [1.82, 2.24) is 15.6 Å². The van der Waals surface area contributed by atoms with E-state index in [9.17, 15) is 0 Å². The molecule has 0 saturated carbocycles. The number of nitrogens with zero attached hydrogens (tertiary/aromatic N) is 2. The van der Waals surface area contributed by atoms with E-state index in [2.05, 4.69) is 48.8 Å². The molecule has 1 aromatic heterocycles. The van der Waals surface area contributed by atoms with Crippen LogP contribution in [0.1, 0.15) is 17.6 Å². The third-order valence-corrected chi connectivity index (χ3v) is 4.42. The Morgan fingerprint density at radius 1 is 1.38 bits per heavy atom. The van der Waals surface area contributed by atoms with Gasteiger partial charge in [0.2, 0.25) is 0 Å². The van der Waals surface area contributed by atoms with E-state index in [0.717, 1.165) is 39.8 Å². The van der Waals surface area contributed by atoms with Gasteiger partial charge in [0.1, 0.15) is 12.4 Å². The van der Waals surface area contributed by atoms with Crippen LogP contribution in [0, 0.1) is 6.92 Å². The van der Waals surface area contributed by atoms with Gasteiger partial charge in [0.05, 0.1) is 17.2 Å². The summed E-state index contributed by atoms with van der Waals surface area (Å²) in [5.41, 5.74) is 1.11. The first-order valence-electron chi connectivity index (χ1n) is 7.99. The summed E-state index contributed by atoms with van der Waals surface area (Å²) < 4.78 is 6.72. The third-order valence-electron chi connectivity index (χ3n) is 3.11. The molecule has 130 valence electrons. The van der Waals surface area contributed by atoms with Crippen molar-refractivity contribution in [3.63, 3.8) is 0 Å². The molecule has 0 bridgehead atoms. The minimum absolute atomic E-state index is 0.576. The van der Waals surface area contributed by atoms with Gasteiger partial charge in [-0.2, -0.15) is 0 Å². The lowest BCUT2D eigenvalue weighted by molar-refractivity contribution is 0.321. The molecule has 24 heavy (non-hydrogen) atoms. The molecule has 1 heterocycles.